The average Bonchev–Trinajstić information content (AvgIpc) is 3.04. The summed E-state index contributed by atoms with van der Waals surface area (Å²) in [6.45, 7) is 2.78. The van der Waals surface area contributed by atoms with Crippen LogP contribution >= 0.6 is 0 Å². The number of rotatable bonds is 4. The molecular formula is C15H14N2O6. The summed E-state index contributed by atoms with van der Waals surface area (Å²) < 4.78 is 15.8. The van der Waals surface area contributed by atoms with Gasteiger partial charge in [0.15, 0.2) is 17.3 Å². The zero-order valence-electron chi connectivity index (χ0n) is 12.3. The lowest BCUT2D eigenvalue weighted by Crippen LogP contribution is -2.26. The molecule has 8 heteroatoms. The third-order valence-electron chi connectivity index (χ3n) is 3.41. The Hall–Kier alpha value is -3.03. The maximum Gasteiger partial charge on any atom is 0.433 e. The van der Waals surface area contributed by atoms with Crippen molar-refractivity contribution in [3.05, 3.63) is 51.8 Å². The predicted octanol–water partition coefficient (Wildman–Crippen LogP) is 2.45. The van der Waals surface area contributed by atoms with Gasteiger partial charge in [0.1, 0.15) is 18.1 Å². The molecule has 1 aliphatic rings. The highest BCUT2D eigenvalue weighted by Crippen LogP contribution is 2.32. The summed E-state index contributed by atoms with van der Waals surface area (Å²) in [6.07, 6.45) is 0. The molecule has 0 saturated carbocycles. The minimum atomic E-state index is -0.693. The lowest BCUT2D eigenvalue weighted by Gasteiger charge is -2.20. The van der Waals surface area contributed by atoms with Crippen molar-refractivity contribution in [3.63, 3.8) is 0 Å². The predicted molar refractivity (Wildman–Crippen MR) is 78.7 cm³/mol. The second-order valence-corrected chi connectivity index (χ2v) is 4.99. The van der Waals surface area contributed by atoms with Crippen molar-refractivity contribution >= 4 is 11.8 Å². The van der Waals surface area contributed by atoms with Gasteiger partial charge in [0.25, 0.3) is 5.91 Å². The smallest absolute Gasteiger partial charge is 0.433 e. The number of carbonyl (C=O) groups excluding carboxylic acids is 1. The standard InChI is InChI=1S/C15H14N2O6/c1-9(10-2-3-11-13(8-10)22-7-6-21-11)16-15(18)12-4-5-14(23-12)17(19)20/h2-5,8-9H,6-7H2,1H3,(H,16,18). The van der Waals surface area contributed by atoms with E-state index < -0.39 is 16.7 Å². The van der Waals surface area contributed by atoms with Crippen molar-refractivity contribution in [2.45, 2.75) is 13.0 Å². The van der Waals surface area contributed by atoms with Crippen LogP contribution in [-0.2, 0) is 0 Å². The molecule has 1 unspecified atom stereocenters. The van der Waals surface area contributed by atoms with Crippen molar-refractivity contribution in [1.29, 1.82) is 0 Å². The molecule has 0 fully saturated rings. The van der Waals surface area contributed by atoms with Crippen LogP contribution in [0.1, 0.15) is 29.1 Å². The number of nitro groups is 1. The van der Waals surface area contributed by atoms with Gasteiger partial charge in [0, 0.05) is 0 Å². The molecule has 0 bridgehead atoms. The van der Waals surface area contributed by atoms with Gasteiger partial charge in [-0.25, -0.2) is 0 Å². The van der Waals surface area contributed by atoms with Gasteiger partial charge < -0.3 is 19.2 Å². The topological polar surface area (TPSA) is 104 Å². The number of nitrogens with zero attached hydrogens (tertiary/aromatic N) is 1. The van der Waals surface area contributed by atoms with Crippen molar-refractivity contribution in [2.75, 3.05) is 13.2 Å². The van der Waals surface area contributed by atoms with Gasteiger partial charge in [0.2, 0.25) is 0 Å². The van der Waals surface area contributed by atoms with Crippen LogP contribution in [0.3, 0.4) is 0 Å². The number of fused-ring (bicyclic) bond motifs is 1. The summed E-state index contributed by atoms with van der Waals surface area (Å²) in [4.78, 5) is 21.9. The molecule has 0 radical (unpaired) electrons. The highest BCUT2D eigenvalue weighted by Gasteiger charge is 2.20. The Morgan fingerprint density at radius 3 is 2.65 bits per heavy atom. The van der Waals surface area contributed by atoms with Crippen LogP contribution in [0.5, 0.6) is 11.5 Å². The van der Waals surface area contributed by atoms with E-state index in [4.69, 9.17) is 13.9 Å². The number of furan rings is 1. The third-order valence-corrected chi connectivity index (χ3v) is 3.41. The highest BCUT2D eigenvalue weighted by atomic mass is 16.6. The van der Waals surface area contributed by atoms with Crippen molar-refractivity contribution in [1.82, 2.24) is 5.32 Å². The summed E-state index contributed by atoms with van der Waals surface area (Å²) in [5, 5.41) is 13.3. The number of benzene rings is 1. The molecule has 2 heterocycles. The fourth-order valence-corrected chi connectivity index (χ4v) is 2.23. The molecule has 1 aromatic carbocycles. The number of hydrogen-bond acceptors (Lipinski definition) is 6. The minimum absolute atomic E-state index is 0.110. The van der Waals surface area contributed by atoms with E-state index in [1.807, 2.05) is 6.07 Å². The van der Waals surface area contributed by atoms with Crippen LogP contribution in [0, 0.1) is 10.1 Å². The largest absolute Gasteiger partial charge is 0.486 e. The monoisotopic (exact) mass is 318 g/mol. The molecule has 1 N–H and O–H groups in total. The Balaban J connectivity index is 1.71. The van der Waals surface area contributed by atoms with E-state index in [0.717, 1.165) is 11.6 Å². The molecule has 120 valence electrons. The van der Waals surface area contributed by atoms with E-state index in [2.05, 4.69) is 5.32 Å². The van der Waals surface area contributed by atoms with Crippen LogP contribution in [0.15, 0.2) is 34.7 Å². The Labute approximate surface area is 131 Å². The normalized spacial score (nSPS) is 14.1. The molecule has 1 aromatic heterocycles. The summed E-state index contributed by atoms with van der Waals surface area (Å²) in [6, 6.07) is 7.48. The molecule has 3 rings (SSSR count). The van der Waals surface area contributed by atoms with Crippen LogP contribution in [0.4, 0.5) is 5.88 Å². The summed E-state index contributed by atoms with van der Waals surface area (Å²) >= 11 is 0. The number of amides is 1. The van der Waals surface area contributed by atoms with Crippen LogP contribution in [0.2, 0.25) is 0 Å². The van der Waals surface area contributed by atoms with Crippen LogP contribution in [-0.4, -0.2) is 24.0 Å². The number of carbonyl (C=O) groups is 1. The number of nitrogens with one attached hydrogen (secondary N) is 1. The first-order valence-corrected chi connectivity index (χ1v) is 6.99. The fourth-order valence-electron chi connectivity index (χ4n) is 2.23. The summed E-state index contributed by atoms with van der Waals surface area (Å²) in [7, 11) is 0. The maximum atomic E-state index is 12.1. The Kier molecular flexibility index (Phi) is 3.88. The maximum absolute atomic E-state index is 12.1. The first-order chi connectivity index (χ1) is 11.0. The van der Waals surface area contributed by atoms with E-state index in [1.165, 1.54) is 6.07 Å². The van der Waals surface area contributed by atoms with Crippen molar-refractivity contribution < 1.29 is 23.6 Å². The van der Waals surface area contributed by atoms with Crippen LogP contribution < -0.4 is 14.8 Å². The molecular weight excluding hydrogens is 304 g/mol. The molecule has 0 saturated heterocycles. The zero-order chi connectivity index (χ0) is 16.4. The van der Waals surface area contributed by atoms with E-state index in [0.29, 0.717) is 24.7 Å². The lowest BCUT2D eigenvalue weighted by atomic mass is 10.1. The third kappa shape index (κ3) is 3.10. The van der Waals surface area contributed by atoms with Gasteiger partial charge in [-0.15, -0.1) is 0 Å². The Morgan fingerprint density at radius 1 is 1.22 bits per heavy atom. The first kappa shape index (κ1) is 14.9. The second kappa shape index (κ2) is 5.99. The zero-order valence-corrected chi connectivity index (χ0v) is 12.3. The minimum Gasteiger partial charge on any atom is -0.486 e. The molecule has 23 heavy (non-hydrogen) atoms. The quantitative estimate of drug-likeness (QED) is 0.686. The van der Waals surface area contributed by atoms with E-state index >= 15 is 0 Å². The van der Waals surface area contributed by atoms with Crippen molar-refractivity contribution in [2.24, 2.45) is 0 Å². The molecule has 8 nitrogen and oxygen atoms in total. The second-order valence-electron chi connectivity index (χ2n) is 4.99. The fraction of sp³-hybridized carbons (Fsp3) is 0.267. The van der Waals surface area contributed by atoms with Gasteiger partial charge in [-0.1, -0.05) is 6.07 Å². The van der Waals surface area contributed by atoms with E-state index in [1.54, 1.807) is 19.1 Å². The van der Waals surface area contributed by atoms with Gasteiger partial charge in [-0.05, 0) is 30.7 Å². The molecule has 2 aromatic rings. The Bertz CT molecular complexity index is 754. The number of ether oxygens (including phenoxy) is 2. The van der Waals surface area contributed by atoms with Crippen molar-refractivity contribution in [3.8, 4) is 11.5 Å². The van der Waals surface area contributed by atoms with Gasteiger partial charge in [-0.3, -0.25) is 14.9 Å². The van der Waals surface area contributed by atoms with Gasteiger partial charge >= 0.3 is 5.88 Å². The molecule has 0 spiro atoms. The van der Waals surface area contributed by atoms with E-state index in [-0.39, 0.29) is 11.8 Å². The molecule has 1 atom stereocenters. The highest BCUT2D eigenvalue weighted by molar-refractivity contribution is 5.92. The molecule has 1 amide bonds. The SMILES string of the molecule is CC(NC(=O)c1ccc([N+](=O)[O-])o1)c1ccc2c(c1)OCCO2. The van der Waals surface area contributed by atoms with E-state index in [9.17, 15) is 14.9 Å². The number of hydrogen-bond donors (Lipinski definition) is 1. The summed E-state index contributed by atoms with van der Waals surface area (Å²) in [5.74, 6) is 0.187. The molecule has 1 aliphatic heterocycles. The first-order valence-electron chi connectivity index (χ1n) is 6.99. The summed E-state index contributed by atoms with van der Waals surface area (Å²) in [5.41, 5.74) is 0.823. The van der Waals surface area contributed by atoms with Gasteiger partial charge in [-0.2, -0.15) is 0 Å². The van der Waals surface area contributed by atoms with Crippen LogP contribution in [0.25, 0.3) is 0 Å². The average molecular weight is 318 g/mol. The lowest BCUT2D eigenvalue weighted by molar-refractivity contribution is -0.402. The molecule has 0 aliphatic carbocycles. The Morgan fingerprint density at radius 2 is 1.96 bits per heavy atom. The van der Waals surface area contributed by atoms with Gasteiger partial charge in [0.05, 0.1) is 12.1 Å².